The Morgan fingerprint density at radius 3 is 2.50 bits per heavy atom. The summed E-state index contributed by atoms with van der Waals surface area (Å²) in [6.07, 6.45) is 6.39. The van der Waals surface area contributed by atoms with E-state index in [1.54, 1.807) is 0 Å². The van der Waals surface area contributed by atoms with Gasteiger partial charge in [0, 0.05) is 6.04 Å². The molecule has 1 heteroatoms. The highest BCUT2D eigenvalue weighted by Gasteiger charge is 2.09. The SMILES string of the molecule is C#CC(C)NC(CC)c1ccccc1. The molecule has 1 nitrogen and oxygen atoms in total. The summed E-state index contributed by atoms with van der Waals surface area (Å²) in [5.74, 6) is 2.69. The first kappa shape index (κ1) is 10.8. The summed E-state index contributed by atoms with van der Waals surface area (Å²) in [6.45, 7) is 4.17. The Morgan fingerprint density at radius 1 is 1.36 bits per heavy atom. The van der Waals surface area contributed by atoms with Gasteiger partial charge in [-0.05, 0) is 18.9 Å². The molecule has 0 amide bonds. The first-order valence-corrected chi connectivity index (χ1v) is 5.05. The Balaban J connectivity index is 2.69. The predicted molar refractivity (Wildman–Crippen MR) is 60.9 cm³/mol. The topological polar surface area (TPSA) is 12.0 Å². The van der Waals surface area contributed by atoms with E-state index in [0.717, 1.165) is 6.42 Å². The van der Waals surface area contributed by atoms with E-state index < -0.39 is 0 Å². The molecule has 0 radical (unpaired) electrons. The quantitative estimate of drug-likeness (QED) is 0.715. The van der Waals surface area contributed by atoms with E-state index >= 15 is 0 Å². The standard InChI is InChI=1S/C13H17N/c1-4-11(3)14-13(5-2)12-9-7-6-8-10-12/h1,6-11,13-14H,5H2,2-3H3. The fourth-order valence-corrected chi connectivity index (χ4v) is 1.49. The molecule has 0 aromatic heterocycles. The Hall–Kier alpha value is -1.26. The van der Waals surface area contributed by atoms with Crippen molar-refractivity contribution in [3.8, 4) is 12.3 Å². The maximum atomic E-state index is 5.34. The van der Waals surface area contributed by atoms with Crippen LogP contribution >= 0.6 is 0 Å². The van der Waals surface area contributed by atoms with E-state index in [0.29, 0.717) is 6.04 Å². The molecule has 2 unspecified atom stereocenters. The van der Waals surface area contributed by atoms with E-state index in [4.69, 9.17) is 6.42 Å². The normalized spacial score (nSPS) is 14.4. The maximum absolute atomic E-state index is 5.34. The zero-order valence-electron chi connectivity index (χ0n) is 8.83. The van der Waals surface area contributed by atoms with Crippen LogP contribution in [0.25, 0.3) is 0 Å². The summed E-state index contributed by atoms with van der Waals surface area (Å²) in [6, 6.07) is 10.9. The van der Waals surface area contributed by atoms with Crippen molar-refractivity contribution < 1.29 is 0 Å². The van der Waals surface area contributed by atoms with Crippen LogP contribution in [0.1, 0.15) is 31.9 Å². The highest BCUT2D eigenvalue weighted by molar-refractivity contribution is 5.19. The smallest absolute Gasteiger partial charge is 0.0663 e. The Morgan fingerprint density at radius 2 is 2.00 bits per heavy atom. The van der Waals surface area contributed by atoms with Crippen molar-refractivity contribution in [3.63, 3.8) is 0 Å². The minimum atomic E-state index is 0.125. The molecular weight excluding hydrogens is 170 g/mol. The molecular formula is C13H17N. The van der Waals surface area contributed by atoms with E-state index in [9.17, 15) is 0 Å². The zero-order valence-corrected chi connectivity index (χ0v) is 8.83. The number of terminal acetylenes is 1. The molecule has 0 spiro atoms. The van der Waals surface area contributed by atoms with Gasteiger partial charge in [-0.25, -0.2) is 0 Å². The largest absolute Gasteiger partial charge is 0.297 e. The summed E-state index contributed by atoms with van der Waals surface area (Å²) < 4.78 is 0. The summed E-state index contributed by atoms with van der Waals surface area (Å²) in [5.41, 5.74) is 1.30. The van der Waals surface area contributed by atoms with E-state index in [1.165, 1.54) is 5.56 Å². The summed E-state index contributed by atoms with van der Waals surface area (Å²) >= 11 is 0. The number of rotatable bonds is 4. The van der Waals surface area contributed by atoms with Crippen LogP contribution in [-0.4, -0.2) is 6.04 Å². The summed E-state index contributed by atoms with van der Waals surface area (Å²) in [7, 11) is 0. The average Bonchev–Trinajstić information content (AvgIpc) is 2.26. The number of nitrogens with one attached hydrogen (secondary N) is 1. The molecule has 1 aromatic carbocycles. The summed E-state index contributed by atoms with van der Waals surface area (Å²) in [4.78, 5) is 0. The molecule has 2 atom stereocenters. The molecule has 74 valence electrons. The molecule has 0 heterocycles. The highest BCUT2D eigenvalue weighted by atomic mass is 14.9. The van der Waals surface area contributed by atoms with Crippen molar-refractivity contribution in [2.75, 3.05) is 0 Å². The lowest BCUT2D eigenvalue weighted by Crippen LogP contribution is -2.28. The van der Waals surface area contributed by atoms with Gasteiger partial charge in [-0.15, -0.1) is 6.42 Å². The molecule has 1 aromatic rings. The fourth-order valence-electron chi connectivity index (χ4n) is 1.49. The van der Waals surface area contributed by atoms with E-state index in [2.05, 4.69) is 42.4 Å². The van der Waals surface area contributed by atoms with Crippen molar-refractivity contribution in [1.82, 2.24) is 5.32 Å². The van der Waals surface area contributed by atoms with Crippen molar-refractivity contribution >= 4 is 0 Å². The molecule has 0 aliphatic carbocycles. The molecule has 0 bridgehead atoms. The number of benzene rings is 1. The highest BCUT2D eigenvalue weighted by Crippen LogP contribution is 2.16. The second kappa shape index (κ2) is 5.47. The number of hydrogen-bond donors (Lipinski definition) is 1. The minimum Gasteiger partial charge on any atom is -0.297 e. The van der Waals surface area contributed by atoms with Crippen LogP contribution < -0.4 is 5.32 Å². The van der Waals surface area contributed by atoms with Crippen LogP contribution in [0.5, 0.6) is 0 Å². The van der Waals surface area contributed by atoms with Gasteiger partial charge in [-0.3, -0.25) is 5.32 Å². The molecule has 0 aliphatic heterocycles. The molecule has 0 fully saturated rings. The van der Waals surface area contributed by atoms with Gasteiger partial charge in [0.05, 0.1) is 6.04 Å². The third-order valence-corrected chi connectivity index (χ3v) is 2.31. The van der Waals surface area contributed by atoms with E-state index in [-0.39, 0.29) is 6.04 Å². The van der Waals surface area contributed by atoms with Crippen LogP contribution in [0.3, 0.4) is 0 Å². The van der Waals surface area contributed by atoms with Gasteiger partial charge in [0.2, 0.25) is 0 Å². The first-order chi connectivity index (χ1) is 6.77. The van der Waals surface area contributed by atoms with Gasteiger partial charge in [-0.1, -0.05) is 43.2 Å². The lowest BCUT2D eigenvalue weighted by Gasteiger charge is -2.19. The Kier molecular flexibility index (Phi) is 4.22. The zero-order chi connectivity index (χ0) is 10.4. The summed E-state index contributed by atoms with van der Waals surface area (Å²) in [5, 5.41) is 3.40. The van der Waals surface area contributed by atoms with E-state index in [1.807, 2.05) is 13.0 Å². The number of hydrogen-bond acceptors (Lipinski definition) is 1. The third kappa shape index (κ3) is 2.90. The monoisotopic (exact) mass is 187 g/mol. The van der Waals surface area contributed by atoms with Gasteiger partial charge >= 0.3 is 0 Å². The lowest BCUT2D eigenvalue weighted by atomic mass is 10.0. The third-order valence-electron chi connectivity index (χ3n) is 2.31. The second-order valence-corrected chi connectivity index (χ2v) is 3.43. The second-order valence-electron chi connectivity index (χ2n) is 3.43. The predicted octanol–water partition coefficient (Wildman–Crippen LogP) is 2.75. The van der Waals surface area contributed by atoms with Crippen LogP contribution in [0.2, 0.25) is 0 Å². The van der Waals surface area contributed by atoms with Crippen LogP contribution in [0.4, 0.5) is 0 Å². The van der Waals surface area contributed by atoms with Crippen molar-refractivity contribution in [2.24, 2.45) is 0 Å². The van der Waals surface area contributed by atoms with Crippen molar-refractivity contribution in [2.45, 2.75) is 32.4 Å². The van der Waals surface area contributed by atoms with Gasteiger partial charge in [-0.2, -0.15) is 0 Å². The van der Waals surface area contributed by atoms with Crippen molar-refractivity contribution in [3.05, 3.63) is 35.9 Å². The minimum absolute atomic E-state index is 0.125. The maximum Gasteiger partial charge on any atom is 0.0663 e. The first-order valence-electron chi connectivity index (χ1n) is 5.05. The Bertz CT molecular complexity index is 297. The van der Waals surface area contributed by atoms with Gasteiger partial charge in [0.25, 0.3) is 0 Å². The lowest BCUT2D eigenvalue weighted by molar-refractivity contribution is 0.497. The van der Waals surface area contributed by atoms with Crippen LogP contribution in [-0.2, 0) is 0 Å². The molecule has 1 rings (SSSR count). The molecule has 0 saturated heterocycles. The molecule has 14 heavy (non-hydrogen) atoms. The molecule has 0 saturated carbocycles. The average molecular weight is 187 g/mol. The Labute approximate surface area is 86.5 Å². The molecule has 0 aliphatic rings. The fraction of sp³-hybridized carbons (Fsp3) is 0.385. The van der Waals surface area contributed by atoms with Gasteiger partial charge in [0.15, 0.2) is 0 Å². The van der Waals surface area contributed by atoms with Crippen LogP contribution in [0.15, 0.2) is 30.3 Å². The van der Waals surface area contributed by atoms with Crippen molar-refractivity contribution in [1.29, 1.82) is 0 Å². The van der Waals surface area contributed by atoms with Gasteiger partial charge < -0.3 is 0 Å². The molecule has 1 N–H and O–H groups in total. The van der Waals surface area contributed by atoms with Crippen LogP contribution in [0, 0.1) is 12.3 Å². The van der Waals surface area contributed by atoms with Gasteiger partial charge in [0.1, 0.15) is 0 Å².